The third kappa shape index (κ3) is 4.31. The highest BCUT2D eigenvalue weighted by molar-refractivity contribution is 7.09. The minimum atomic E-state index is -2.62. The van der Waals surface area contributed by atoms with Crippen LogP contribution in [0.25, 0.3) is 0 Å². The van der Waals surface area contributed by atoms with Gasteiger partial charge >= 0.3 is 0 Å². The number of nitrogens with one attached hydrogen (secondary N) is 1. The molecule has 4 nitrogen and oxygen atoms in total. The van der Waals surface area contributed by atoms with E-state index >= 15 is 0 Å². The number of nitrogens with zero attached hydrogens (tertiary/aromatic N) is 2. The highest BCUT2D eigenvalue weighted by atomic mass is 32.1. The van der Waals surface area contributed by atoms with E-state index in [-0.39, 0.29) is 37.5 Å². The van der Waals surface area contributed by atoms with Crippen LogP contribution < -0.4 is 5.32 Å². The number of benzene rings is 1. The summed E-state index contributed by atoms with van der Waals surface area (Å²) in [5.74, 6) is -2.58. The Balaban J connectivity index is 1.55. The summed E-state index contributed by atoms with van der Waals surface area (Å²) in [4.78, 5) is 16.4. The summed E-state index contributed by atoms with van der Waals surface area (Å²) in [7, 11) is 0. The lowest BCUT2D eigenvalue weighted by molar-refractivity contribution is -0.124. The van der Waals surface area contributed by atoms with Crippen LogP contribution in [0.4, 0.5) is 13.9 Å². The zero-order valence-corrected chi connectivity index (χ0v) is 13.3. The lowest BCUT2D eigenvalue weighted by Crippen LogP contribution is -2.31. The Morgan fingerprint density at radius 3 is 2.65 bits per heavy atom. The molecule has 0 saturated heterocycles. The fourth-order valence-corrected chi connectivity index (χ4v) is 3.25. The van der Waals surface area contributed by atoms with E-state index in [1.54, 1.807) is 0 Å². The second-order valence-electron chi connectivity index (χ2n) is 5.80. The SMILES string of the molecule is O=C(Nc1nc(Cc2ccccc2)ns1)C1CCC(F)(F)CC1. The third-order valence-corrected chi connectivity index (χ3v) is 4.66. The fourth-order valence-electron chi connectivity index (χ4n) is 2.66. The maximum Gasteiger partial charge on any atom is 0.248 e. The predicted molar refractivity (Wildman–Crippen MR) is 84.7 cm³/mol. The topological polar surface area (TPSA) is 54.9 Å². The van der Waals surface area contributed by atoms with Crippen LogP contribution in [0.5, 0.6) is 0 Å². The van der Waals surface area contributed by atoms with E-state index < -0.39 is 5.92 Å². The zero-order chi connectivity index (χ0) is 16.3. The monoisotopic (exact) mass is 337 g/mol. The summed E-state index contributed by atoms with van der Waals surface area (Å²) < 4.78 is 30.5. The summed E-state index contributed by atoms with van der Waals surface area (Å²) in [5, 5.41) is 3.14. The van der Waals surface area contributed by atoms with Crippen molar-refractivity contribution in [1.82, 2.24) is 9.36 Å². The molecule has 0 spiro atoms. The number of amides is 1. The van der Waals surface area contributed by atoms with Crippen LogP contribution in [0.1, 0.15) is 37.1 Å². The Labute approximate surface area is 137 Å². The summed E-state index contributed by atoms with van der Waals surface area (Å²) in [6.07, 6.45) is 0.590. The van der Waals surface area contributed by atoms with Crippen molar-refractivity contribution in [3.63, 3.8) is 0 Å². The second-order valence-corrected chi connectivity index (χ2v) is 6.55. The Morgan fingerprint density at radius 2 is 1.96 bits per heavy atom. The normalized spacial score (nSPS) is 17.8. The van der Waals surface area contributed by atoms with Crippen molar-refractivity contribution < 1.29 is 13.6 Å². The van der Waals surface area contributed by atoms with Gasteiger partial charge in [0, 0.05) is 36.7 Å². The van der Waals surface area contributed by atoms with E-state index in [0.717, 1.165) is 17.1 Å². The number of carbonyl (C=O) groups excluding carboxylic acids is 1. The Morgan fingerprint density at radius 1 is 1.26 bits per heavy atom. The van der Waals surface area contributed by atoms with E-state index in [9.17, 15) is 13.6 Å². The molecule has 1 aromatic heterocycles. The van der Waals surface area contributed by atoms with Gasteiger partial charge in [-0.25, -0.2) is 13.8 Å². The molecule has 0 atom stereocenters. The van der Waals surface area contributed by atoms with Gasteiger partial charge in [0.2, 0.25) is 17.0 Å². The minimum Gasteiger partial charge on any atom is -0.300 e. The Hall–Kier alpha value is -1.89. The smallest absolute Gasteiger partial charge is 0.248 e. The average Bonchev–Trinajstić information content (AvgIpc) is 2.95. The molecule has 0 radical (unpaired) electrons. The Kier molecular flexibility index (Phi) is 4.66. The molecule has 1 fully saturated rings. The lowest BCUT2D eigenvalue weighted by Gasteiger charge is -2.26. The van der Waals surface area contributed by atoms with Crippen LogP contribution in [0.2, 0.25) is 0 Å². The molecule has 0 unspecified atom stereocenters. The van der Waals surface area contributed by atoms with Gasteiger partial charge in [0.05, 0.1) is 0 Å². The van der Waals surface area contributed by atoms with Gasteiger partial charge in [-0.1, -0.05) is 30.3 Å². The van der Waals surface area contributed by atoms with Gasteiger partial charge in [0.25, 0.3) is 0 Å². The summed E-state index contributed by atoms with van der Waals surface area (Å²) in [5.41, 5.74) is 1.10. The van der Waals surface area contributed by atoms with E-state index in [0.29, 0.717) is 17.4 Å². The Bertz CT molecular complexity index is 665. The molecule has 3 rings (SSSR count). The standard InChI is InChI=1S/C16H17F2N3OS/c17-16(18)8-6-12(7-9-16)14(22)20-15-19-13(21-23-15)10-11-4-2-1-3-5-11/h1-5,12H,6-10H2,(H,19,20,21,22). The van der Waals surface area contributed by atoms with Crippen molar-refractivity contribution in [2.75, 3.05) is 5.32 Å². The summed E-state index contributed by atoms with van der Waals surface area (Å²) in [6.45, 7) is 0. The summed E-state index contributed by atoms with van der Waals surface area (Å²) >= 11 is 1.12. The molecule has 1 heterocycles. The molecule has 0 bridgehead atoms. The molecular weight excluding hydrogens is 320 g/mol. The molecule has 2 aromatic rings. The van der Waals surface area contributed by atoms with Crippen molar-refractivity contribution in [2.45, 2.75) is 38.0 Å². The van der Waals surface area contributed by atoms with Crippen LogP contribution in [-0.4, -0.2) is 21.2 Å². The van der Waals surface area contributed by atoms with Gasteiger partial charge in [-0.2, -0.15) is 4.37 Å². The first-order valence-corrected chi connectivity index (χ1v) is 8.34. The fraction of sp³-hybridized carbons (Fsp3) is 0.438. The molecule has 1 N–H and O–H groups in total. The third-order valence-electron chi connectivity index (χ3n) is 3.99. The van der Waals surface area contributed by atoms with Crippen LogP contribution in [0.3, 0.4) is 0 Å². The molecule has 122 valence electrons. The number of hydrogen-bond acceptors (Lipinski definition) is 4. The minimum absolute atomic E-state index is 0.217. The number of rotatable bonds is 4. The molecule has 1 aliphatic rings. The number of carbonyl (C=O) groups is 1. The van der Waals surface area contributed by atoms with E-state index in [4.69, 9.17) is 0 Å². The van der Waals surface area contributed by atoms with E-state index in [2.05, 4.69) is 14.7 Å². The van der Waals surface area contributed by atoms with Crippen LogP contribution >= 0.6 is 11.5 Å². The highest BCUT2D eigenvalue weighted by Gasteiger charge is 2.37. The van der Waals surface area contributed by atoms with Crippen molar-refractivity contribution in [3.05, 3.63) is 41.7 Å². The molecule has 1 aliphatic carbocycles. The molecule has 1 saturated carbocycles. The molecule has 0 aliphatic heterocycles. The first-order valence-electron chi connectivity index (χ1n) is 7.57. The lowest BCUT2D eigenvalue weighted by atomic mass is 9.86. The number of anilines is 1. The number of aromatic nitrogens is 2. The molecular formula is C16H17F2N3OS. The van der Waals surface area contributed by atoms with Gasteiger partial charge in [0.1, 0.15) is 5.82 Å². The summed E-state index contributed by atoms with van der Waals surface area (Å²) in [6, 6.07) is 9.81. The van der Waals surface area contributed by atoms with Crippen LogP contribution in [0.15, 0.2) is 30.3 Å². The van der Waals surface area contributed by atoms with Gasteiger partial charge in [-0.3, -0.25) is 4.79 Å². The van der Waals surface area contributed by atoms with Crippen LogP contribution in [-0.2, 0) is 11.2 Å². The average molecular weight is 337 g/mol. The number of alkyl halides is 2. The number of halogens is 2. The predicted octanol–water partition coefficient (Wildman–Crippen LogP) is 3.89. The van der Waals surface area contributed by atoms with Crippen molar-refractivity contribution >= 4 is 22.6 Å². The van der Waals surface area contributed by atoms with Gasteiger partial charge < -0.3 is 5.32 Å². The highest BCUT2D eigenvalue weighted by Crippen LogP contribution is 2.36. The van der Waals surface area contributed by atoms with E-state index in [1.807, 2.05) is 30.3 Å². The van der Waals surface area contributed by atoms with Gasteiger partial charge in [-0.15, -0.1) is 0 Å². The molecule has 23 heavy (non-hydrogen) atoms. The van der Waals surface area contributed by atoms with Crippen molar-refractivity contribution in [3.8, 4) is 0 Å². The first kappa shape index (κ1) is 16.0. The van der Waals surface area contributed by atoms with Crippen molar-refractivity contribution in [2.24, 2.45) is 5.92 Å². The van der Waals surface area contributed by atoms with Crippen molar-refractivity contribution in [1.29, 1.82) is 0 Å². The number of hydrogen-bond donors (Lipinski definition) is 1. The largest absolute Gasteiger partial charge is 0.300 e. The van der Waals surface area contributed by atoms with Gasteiger partial charge in [0.15, 0.2) is 0 Å². The van der Waals surface area contributed by atoms with Gasteiger partial charge in [-0.05, 0) is 18.4 Å². The van der Waals surface area contributed by atoms with E-state index in [1.165, 1.54) is 0 Å². The maximum atomic E-state index is 13.1. The zero-order valence-electron chi connectivity index (χ0n) is 12.5. The quantitative estimate of drug-likeness (QED) is 0.921. The molecule has 7 heteroatoms. The first-order chi connectivity index (χ1) is 11.0. The van der Waals surface area contributed by atoms with Crippen LogP contribution in [0, 0.1) is 5.92 Å². The molecule has 1 aromatic carbocycles. The molecule has 1 amide bonds. The maximum absolute atomic E-state index is 13.1. The second kappa shape index (κ2) is 6.70.